The molecule has 0 radical (unpaired) electrons. The molecule has 1 N–H and O–H groups in total. The Hall–Kier alpha value is -4.07. The van der Waals surface area contributed by atoms with Gasteiger partial charge in [-0.1, -0.05) is 0 Å². The molecule has 9 nitrogen and oxygen atoms in total. The van der Waals surface area contributed by atoms with E-state index in [-0.39, 0.29) is 34.7 Å². The van der Waals surface area contributed by atoms with Crippen molar-refractivity contribution in [1.29, 1.82) is 0 Å². The smallest absolute Gasteiger partial charge is 0.416 e. The molecule has 41 heavy (non-hydrogen) atoms. The third-order valence-electron chi connectivity index (χ3n) is 7.15. The van der Waals surface area contributed by atoms with Crippen molar-refractivity contribution >= 4 is 40.3 Å². The van der Waals surface area contributed by atoms with E-state index in [0.29, 0.717) is 25.5 Å². The van der Waals surface area contributed by atoms with E-state index in [9.17, 15) is 27.5 Å². The number of rotatable bonds is 6. The number of aliphatic carboxylic acids is 1. The van der Waals surface area contributed by atoms with Crippen molar-refractivity contribution in [3.63, 3.8) is 0 Å². The lowest BCUT2D eigenvalue weighted by Gasteiger charge is -2.47. The first kappa shape index (κ1) is 28.5. The number of methoxy groups -OCH3 is 2. The summed E-state index contributed by atoms with van der Waals surface area (Å²) >= 11 is 0.767. The minimum absolute atomic E-state index is 0.00704. The number of aliphatic imine (C=N–C) groups is 1. The number of aromatic nitrogens is 1. The highest BCUT2D eigenvalue weighted by atomic mass is 32.1. The monoisotopic (exact) mass is 593 g/mol. The van der Waals surface area contributed by atoms with Gasteiger partial charge in [0.1, 0.15) is 11.4 Å². The van der Waals surface area contributed by atoms with Crippen molar-refractivity contribution < 1.29 is 36.9 Å². The second-order valence-corrected chi connectivity index (χ2v) is 10.5. The van der Waals surface area contributed by atoms with Gasteiger partial charge in [-0.15, -0.1) is 11.3 Å². The van der Waals surface area contributed by atoms with E-state index in [0.717, 1.165) is 29.2 Å². The fourth-order valence-corrected chi connectivity index (χ4v) is 6.02. The molecule has 14 heteroatoms. The first-order valence-electron chi connectivity index (χ1n) is 12.6. The normalized spacial score (nSPS) is 19.1. The molecule has 2 aliphatic rings. The zero-order valence-corrected chi connectivity index (χ0v) is 23.2. The molecule has 0 unspecified atom stereocenters. The van der Waals surface area contributed by atoms with Gasteiger partial charge in [-0.3, -0.25) is 4.79 Å². The minimum atomic E-state index is -4.66. The van der Waals surface area contributed by atoms with Crippen molar-refractivity contribution in [2.75, 3.05) is 43.7 Å². The number of pyridine rings is 1. The van der Waals surface area contributed by atoms with E-state index in [2.05, 4.69) is 14.9 Å². The summed E-state index contributed by atoms with van der Waals surface area (Å²) in [5.41, 5.74) is 0.203. The Balaban J connectivity index is 1.60. The van der Waals surface area contributed by atoms with Gasteiger partial charge in [0.2, 0.25) is 17.0 Å². The topological polar surface area (TPSA) is 90.7 Å². The predicted octanol–water partition coefficient (Wildman–Crippen LogP) is 5.55. The molecule has 1 saturated heterocycles. The van der Waals surface area contributed by atoms with Gasteiger partial charge in [-0.25, -0.2) is 9.98 Å². The van der Waals surface area contributed by atoms with Crippen LogP contribution in [0.1, 0.15) is 30.5 Å². The van der Waals surface area contributed by atoms with Crippen LogP contribution in [0, 0.1) is 5.13 Å². The molecule has 2 aromatic heterocycles. The molecule has 0 bridgehead atoms. The Labute approximate surface area is 237 Å². The van der Waals surface area contributed by atoms with Crippen molar-refractivity contribution in [1.82, 2.24) is 9.88 Å². The molecular formula is C27H27F4N5O4S. The quantitative estimate of drug-likeness (QED) is 0.372. The van der Waals surface area contributed by atoms with Crippen LogP contribution in [0.3, 0.4) is 0 Å². The minimum Gasteiger partial charge on any atom is -0.495 e. The molecule has 4 heterocycles. The number of alkyl halides is 3. The number of hydrogen-bond acceptors (Lipinski definition) is 9. The van der Waals surface area contributed by atoms with Crippen LogP contribution < -0.4 is 19.3 Å². The first-order valence-corrected chi connectivity index (χ1v) is 13.5. The maximum absolute atomic E-state index is 14.9. The Morgan fingerprint density at radius 3 is 2.61 bits per heavy atom. The van der Waals surface area contributed by atoms with Gasteiger partial charge >= 0.3 is 12.1 Å². The number of anilines is 2. The molecule has 1 fully saturated rings. The lowest BCUT2D eigenvalue weighted by molar-refractivity contribution is -0.138. The molecule has 2 aliphatic heterocycles. The van der Waals surface area contributed by atoms with Gasteiger partial charge in [-0.2, -0.15) is 17.6 Å². The highest BCUT2D eigenvalue weighted by Crippen LogP contribution is 2.47. The molecular weight excluding hydrogens is 566 g/mol. The van der Waals surface area contributed by atoms with Crippen LogP contribution in [0.5, 0.6) is 11.6 Å². The van der Waals surface area contributed by atoms with Crippen LogP contribution in [0.25, 0.3) is 0 Å². The average Bonchev–Trinajstić information content (AvgIpc) is 3.32. The molecule has 0 spiro atoms. The maximum atomic E-state index is 14.9. The van der Waals surface area contributed by atoms with Crippen LogP contribution >= 0.6 is 11.3 Å². The highest BCUT2D eigenvalue weighted by molar-refractivity contribution is 7.08. The van der Waals surface area contributed by atoms with Gasteiger partial charge < -0.3 is 29.3 Å². The van der Waals surface area contributed by atoms with Crippen LogP contribution in [-0.4, -0.2) is 66.8 Å². The second-order valence-electron chi connectivity index (χ2n) is 9.64. The third kappa shape index (κ3) is 5.47. The van der Waals surface area contributed by atoms with Crippen LogP contribution in [0.4, 0.5) is 34.6 Å². The van der Waals surface area contributed by atoms with Crippen molar-refractivity contribution in [3.8, 4) is 11.6 Å². The Morgan fingerprint density at radius 2 is 1.95 bits per heavy atom. The predicted molar refractivity (Wildman–Crippen MR) is 146 cm³/mol. The first-order chi connectivity index (χ1) is 19.5. The third-order valence-corrected chi connectivity index (χ3v) is 7.92. The number of piperazine rings is 1. The average molecular weight is 594 g/mol. The van der Waals surface area contributed by atoms with E-state index < -0.39 is 35.3 Å². The Bertz CT molecular complexity index is 1480. The summed E-state index contributed by atoms with van der Waals surface area (Å²) in [4.78, 5) is 26.2. The number of benzene rings is 1. The fourth-order valence-electron chi connectivity index (χ4n) is 5.25. The van der Waals surface area contributed by atoms with Crippen molar-refractivity contribution in [2.24, 2.45) is 4.99 Å². The zero-order chi connectivity index (χ0) is 29.5. The van der Waals surface area contributed by atoms with Gasteiger partial charge in [0.05, 0.1) is 37.9 Å². The highest BCUT2D eigenvalue weighted by Gasteiger charge is 2.41. The van der Waals surface area contributed by atoms with Crippen LogP contribution in [0.2, 0.25) is 0 Å². The van der Waals surface area contributed by atoms with Gasteiger partial charge in [0.15, 0.2) is 0 Å². The summed E-state index contributed by atoms with van der Waals surface area (Å²) in [6.07, 6.45) is -3.53. The van der Waals surface area contributed by atoms with Crippen molar-refractivity contribution in [3.05, 3.63) is 58.2 Å². The molecule has 1 aromatic carbocycles. The Morgan fingerprint density at radius 1 is 1.17 bits per heavy atom. The Kier molecular flexibility index (Phi) is 7.68. The number of carboxylic acid groups (broad SMARTS) is 1. The number of carboxylic acids is 1. The van der Waals surface area contributed by atoms with E-state index in [1.807, 2.05) is 17.9 Å². The summed E-state index contributed by atoms with van der Waals surface area (Å²) in [6.45, 7) is 3.20. The number of guanidine groups is 1. The number of hydrogen-bond donors (Lipinski definition) is 1. The lowest BCUT2D eigenvalue weighted by atomic mass is 10.00. The van der Waals surface area contributed by atoms with Gasteiger partial charge in [0, 0.05) is 54.6 Å². The number of halogens is 4. The van der Waals surface area contributed by atoms with Crippen LogP contribution in [0.15, 0.2) is 46.9 Å². The lowest BCUT2D eigenvalue weighted by Crippen LogP contribution is -2.58. The van der Waals surface area contributed by atoms with Gasteiger partial charge in [0.25, 0.3) is 0 Å². The van der Waals surface area contributed by atoms with E-state index in [1.54, 1.807) is 12.3 Å². The van der Waals surface area contributed by atoms with E-state index >= 15 is 0 Å². The number of thiophene rings is 1. The summed E-state index contributed by atoms with van der Waals surface area (Å²) in [5, 5.41) is 10.7. The summed E-state index contributed by atoms with van der Waals surface area (Å²) in [6, 6.07) is 5.51. The number of fused-ring (bicyclic) bond motifs is 1. The molecule has 218 valence electrons. The summed E-state index contributed by atoms with van der Waals surface area (Å²) in [7, 11) is 2.84. The summed E-state index contributed by atoms with van der Waals surface area (Å²) in [5.74, 6) is -0.503. The summed E-state index contributed by atoms with van der Waals surface area (Å²) < 4.78 is 67.1. The van der Waals surface area contributed by atoms with E-state index in [4.69, 9.17) is 9.47 Å². The van der Waals surface area contributed by atoms with Gasteiger partial charge in [-0.05, 0) is 31.2 Å². The molecule has 5 rings (SSSR count). The van der Waals surface area contributed by atoms with E-state index in [1.165, 1.54) is 30.6 Å². The standard InChI is InChI=1S/C27H27F4N5O4S/c1-15-13-34(8-9-35(15)17-6-7-32-22(11-17)40-3)26-33-24-18(14-41-25(24)28)19(12-23(37)38)36(26)20-10-16(27(29,30)31)4-5-21(20)39-2/h4-7,10-11,14-15,19H,8-9,12-13H2,1-3H3,(H,37,38)/t15-,19+/m1/s1. The number of ether oxygens (including phenoxy) is 2. The molecule has 0 saturated carbocycles. The zero-order valence-electron chi connectivity index (χ0n) is 22.4. The second kappa shape index (κ2) is 11.1. The van der Waals surface area contributed by atoms with Crippen LogP contribution in [-0.2, 0) is 11.0 Å². The van der Waals surface area contributed by atoms with Crippen molar-refractivity contribution in [2.45, 2.75) is 31.6 Å². The molecule has 2 atom stereocenters. The fraction of sp³-hybridized carbons (Fsp3) is 0.370. The molecule has 0 amide bonds. The maximum Gasteiger partial charge on any atom is 0.416 e. The number of carbonyl (C=O) groups is 1. The molecule has 3 aromatic rings. The largest absolute Gasteiger partial charge is 0.495 e. The SMILES string of the molecule is COc1cc(N2CCN(C3=Nc4c(csc4F)[C@H](CC(=O)O)N3c3cc(C(F)(F)F)ccc3OC)C[C@H]2C)ccn1. The number of nitrogens with zero attached hydrogens (tertiary/aromatic N) is 5. The molecule has 0 aliphatic carbocycles.